The van der Waals surface area contributed by atoms with Crippen molar-refractivity contribution in [2.45, 2.75) is 165 Å². The van der Waals surface area contributed by atoms with E-state index in [1.165, 1.54) is 0 Å². The summed E-state index contributed by atoms with van der Waals surface area (Å²) in [5.41, 5.74) is -3.68. The monoisotopic (exact) mass is 664 g/mol. The molecule has 47 heavy (non-hydrogen) atoms. The zero-order valence-electron chi connectivity index (χ0n) is 28.8. The maximum Gasteiger partial charge on any atom is 0.186 e. The first-order valence-electron chi connectivity index (χ1n) is 17.5. The van der Waals surface area contributed by atoms with Crippen molar-refractivity contribution < 1.29 is 54.7 Å². The fourth-order valence-electron chi connectivity index (χ4n) is 11.6. The van der Waals surface area contributed by atoms with Crippen molar-refractivity contribution in [3.63, 3.8) is 0 Å². The van der Waals surface area contributed by atoms with Crippen molar-refractivity contribution in [3.8, 4) is 0 Å². The quantitative estimate of drug-likeness (QED) is 0.212. The minimum atomic E-state index is -1.56. The van der Waals surface area contributed by atoms with E-state index < -0.39 is 88.9 Å². The molecule has 7 N–H and O–H groups in total. The number of ether oxygens (including phenoxy) is 4. The molecule has 0 aromatic rings. The number of fused-ring (bicyclic) bond motifs is 2. The first-order chi connectivity index (χ1) is 21.7. The van der Waals surface area contributed by atoms with Crippen LogP contribution >= 0.6 is 0 Å². The van der Waals surface area contributed by atoms with Crippen LogP contribution in [0.2, 0.25) is 0 Å². The van der Waals surface area contributed by atoms with Gasteiger partial charge in [0.2, 0.25) is 0 Å². The Hall–Kier alpha value is -0.960. The Morgan fingerprint density at radius 2 is 1.64 bits per heavy atom. The van der Waals surface area contributed by atoms with Crippen LogP contribution in [0.25, 0.3) is 0 Å². The van der Waals surface area contributed by atoms with Gasteiger partial charge in [-0.1, -0.05) is 45.9 Å². The number of rotatable bonds is 5. The van der Waals surface area contributed by atoms with Gasteiger partial charge in [-0.3, -0.25) is 0 Å². The fourth-order valence-corrected chi connectivity index (χ4v) is 11.6. The van der Waals surface area contributed by atoms with Gasteiger partial charge in [0, 0.05) is 23.7 Å². The van der Waals surface area contributed by atoms with Gasteiger partial charge < -0.3 is 54.7 Å². The molecule has 11 heteroatoms. The molecular weight excluding hydrogens is 608 g/mol. The van der Waals surface area contributed by atoms with Crippen LogP contribution in [-0.2, 0) is 18.9 Å². The highest BCUT2D eigenvalue weighted by Gasteiger charge is 2.76. The number of hydrogen-bond donors (Lipinski definition) is 7. The largest absolute Gasteiger partial charge is 0.394 e. The second kappa shape index (κ2) is 10.5. The lowest BCUT2D eigenvalue weighted by Gasteiger charge is -2.62. The third-order valence-corrected chi connectivity index (χ3v) is 14.5. The molecule has 7 rings (SSSR count). The van der Waals surface area contributed by atoms with Gasteiger partial charge >= 0.3 is 0 Å². The van der Waals surface area contributed by atoms with Crippen molar-refractivity contribution in [1.82, 2.24) is 0 Å². The second-order valence-corrected chi connectivity index (χ2v) is 17.8. The maximum absolute atomic E-state index is 11.1. The van der Waals surface area contributed by atoms with Crippen molar-refractivity contribution in [1.29, 1.82) is 0 Å². The first-order valence-corrected chi connectivity index (χ1v) is 17.5. The molecule has 7 aliphatic rings. The van der Waals surface area contributed by atoms with Crippen LogP contribution < -0.4 is 0 Å². The number of aliphatic hydroxyl groups is 7. The predicted molar refractivity (Wildman–Crippen MR) is 169 cm³/mol. The zero-order chi connectivity index (χ0) is 34.3. The van der Waals surface area contributed by atoms with E-state index >= 15 is 0 Å². The van der Waals surface area contributed by atoms with Gasteiger partial charge in [-0.2, -0.15) is 0 Å². The van der Waals surface area contributed by atoms with Crippen molar-refractivity contribution in [3.05, 3.63) is 23.8 Å². The van der Waals surface area contributed by atoms with Crippen LogP contribution in [0.15, 0.2) is 23.8 Å². The molecule has 2 saturated carbocycles. The zero-order valence-corrected chi connectivity index (χ0v) is 28.8. The van der Waals surface area contributed by atoms with Crippen LogP contribution in [0, 0.1) is 28.1 Å². The van der Waals surface area contributed by atoms with Gasteiger partial charge in [0.05, 0.1) is 47.8 Å². The lowest BCUT2D eigenvalue weighted by molar-refractivity contribution is -0.319. The van der Waals surface area contributed by atoms with Gasteiger partial charge in [0.25, 0.3) is 0 Å². The Morgan fingerprint density at radius 3 is 2.28 bits per heavy atom. The van der Waals surface area contributed by atoms with Crippen LogP contribution in [0.4, 0.5) is 0 Å². The SMILES string of the molecule is CC(C)(O)C1CCC(C)(C2C(OC3OC(CO)C(O)C(O)C3O)CC3(C)C4C=CC56OC4(CCC23C)CC5=CC(O)C(O)C6(C)C)O1. The standard InChI is InChI=1S/C36H56O11/c1-30(2)28(42)19(38)14-18-15-35-13-12-32(5)27(34(7)10-9-23(46-34)31(3,4)43)20(16-33(32,6)22(35)8-11-36(18,30)47-35)44-29-26(41)25(40)24(39)21(17-37)45-29/h8,11,14,19-29,37-43H,9-10,12-13,15-17H2,1-7H3. The summed E-state index contributed by atoms with van der Waals surface area (Å²) in [6.07, 6.45) is 0.412. The summed E-state index contributed by atoms with van der Waals surface area (Å²) in [6.45, 7) is 13.6. The molecule has 4 aliphatic heterocycles. The predicted octanol–water partition coefficient (Wildman–Crippen LogP) is 1.48. The topological polar surface area (TPSA) is 179 Å². The average Bonchev–Trinajstić information content (AvgIpc) is 3.59. The van der Waals surface area contributed by atoms with Crippen LogP contribution in [0.1, 0.15) is 87.0 Å². The highest BCUT2D eigenvalue weighted by atomic mass is 16.7. The summed E-state index contributed by atoms with van der Waals surface area (Å²) >= 11 is 0. The van der Waals surface area contributed by atoms with Gasteiger partial charge in [0.1, 0.15) is 30.0 Å². The third-order valence-electron chi connectivity index (χ3n) is 14.5. The van der Waals surface area contributed by atoms with E-state index in [1.54, 1.807) is 19.9 Å². The second-order valence-electron chi connectivity index (χ2n) is 17.8. The van der Waals surface area contributed by atoms with E-state index in [-0.39, 0.29) is 23.4 Å². The number of hydrogen-bond acceptors (Lipinski definition) is 11. The summed E-state index contributed by atoms with van der Waals surface area (Å²) in [7, 11) is 0. The Bertz CT molecular complexity index is 1320. The third kappa shape index (κ3) is 4.44. The van der Waals surface area contributed by atoms with Crippen LogP contribution in [0.3, 0.4) is 0 Å². The summed E-state index contributed by atoms with van der Waals surface area (Å²) in [6, 6.07) is 0. The summed E-state index contributed by atoms with van der Waals surface area (Å²) < 4.78 is 26.7. The molecule has 5 fully saturated rings. The molecule has 0 aromatic carbocycles. The maximum atomic E-state index is 11.1. The molecule has 266 valence electrons. The van der Waals surface area contributed by atoms with Crippen LogP contribution in [0.5, 0.6) is 0 Å². The molecule has 11 nitrogen and oxygen atoms in total. The minimum Gasteiger partial charge on any atom is -0.394 e. The lowest BCUT2D eigenvalue weighted by atomic mass is 9.47. The minimum absolute atomic E-state index is 0.0584. The Labute approximate surface area is 277 Å². The first kappa shape index (κ1) is 34.5. The molecular formula is C36H56O11. The van der Waals surface area contributed by atoms with Crippen molar-refractivity contribution in [2.24, 2.45) is 28.1 Å². The van der Waals surface area contributed by atoms with E-state index in [2.05, 4.69) is 32.9 Å². The lowest BCUT2D eigenvalue weighted by Crippen LogP contribution is -2.64. The molecule has 3 saturated heterocycles. The van der Waals surface area contributed by atoms with E-state index in [1.807, 2.05) is 13.8 Å². The summed E-state index contributed by atoms with van der Waals surface area (Å²) in [5, 5.41) is 74.9. The highest BCUT2D eigenvalue weighted by Crippen LogP contribution is 2.76. The summed E-state index contributed by atoms with van der Waals surface area (Å²) in [4.78, 5) is 0. The van der Waals surface area contributed by atoms with E-state index in [9.17, 15) is 35.7 Å². The molecule has 3 aliphatic carbocycles. The van der Waals surface area contributed by atoms with E-state index in [0.717, 1.165) is 18.4 Å². The van der Waals surface area contributed by atoms with E-state index in [4.69, 9.17) is 18.9 Å². The average molecular weight is 665 g/mol. The Balaban J connectivity index is 1.29. The molecule has 16 unspecified atom stereocenters. The molecule has 0 radical (unpaired) electrons. The molecule has 4 heterocycles. The molecule has 2 bridgehead atoms. The molecule has 2 spiro atoms. The summed E-state index contributed by atoms with van der Waals surface area (Å²) in [5.74, 6) is -0.277. The normalized spacial score (nSPS) is 56.6. The molecule has 0 amide bonds. The van der Waals surface area contributed by atoms with Crippen molar-refractivity contribution >= 4 is 0 Å². The number of aliphatic hydroxyl groups excluding tert-OH is 6. The van der Waals surface area contributed by atoms with E-state index in [0.29, 0.717) is 25.7 Å². The smallest absolute Gasteiger partial charge is 0.186 e. The molecule has 0 aromatic heterocycles. The Kier molecular flexibility index (Phi) is 7.73. The van der Waals surface area contributed by atoms with Crippen molar-refractivity contribution in [2.75, 3.05) is 6.61 Å². The van der Waals surface area contributed by atoms with Gasteiger partial charge in [0.15, 0.2) is 6.29 Å². The van der Waals surface area contributed by atoms with Crippen LogP contribution in [-0.4, -0.2) is 120 Å². The van der Waals surface area contributed by atoms with Gasteiger partial charge in [-0.15, -0.1) is 0 Å². The fraction of sp³-hybridized carbons (Fsp3) is 0.889. The highest BCUT2D eigenvalue weighted by molar-refractivity contribution is 5.46. The van der Waals surface area contributed by atoms with Gasteiger partial charge in [-0.05, 0) is 69.3 Å². The molecule has 16 atom stereocenters. The Morgan fingerprint density at radius 1 is 0.936 bits per heavy atom. The van der Waals surface area contributed by atoms with Gasteiger partial charge in [-0.25, -0.2) is 0 Å².